The Morgan fingerprint density at radius 3 is 2.92 bits per heavy atom. The van der Waals surface area contributed by atoms with E-state index < -0.39 is 0 Å². The predicted octanol–water partition coefficient (Wildman–Crippen LogP) is 1.32. The molecule has 0 saturated heterocycles. The van der Waals surface area contributed by atoms with Gasteiger partial charge < -0.3 is 5.73 Å². The van der Waals surface area contributed by atoms with Crippen LogP contribution >= 0.6 is 0 Å². The lowest BCUT2D eigenvalue weighted by atomic mass is 10.2. The molecule has 1 rings (SSSR count). The Kier molecular flexibility index (Phi) is 4.46. The van der Waals surface area contributed by atoms with Crippen LogP contribution in [0, 0.1) is 0 Å². The third-order valence-corrected chi connectivity index (χ3v) is 2.10. The molecular formula is C9H18N4. The fourth-order valence-corrected chi connectivity index (χ4v) is 1.32. The van der Waals surface area contributed by atoms with Gasteiger partial charge in [-0.15, -0.1) is 0 Å². The fourth-order valence-electron chi connectivity index (χ4n) is 1.32. The van der Waals surface area contributed by atoms with E-state index in [1.54, 1.807) is 6.33 Å². The molecule has 1 heterocycles. The van der Waals surface area contributed by atoms with Gasteiger partial charge in [0.2, 0.25) is 0 Å². The fraction of sp³-hybridized carbons (Fsp3) is 0.778. The second-order valence-corrected chi connectivity index (χ2v) is 3.16. The molecule has 0 aliphatic heterocycles. The lowest BCUT2D eigenvalue weighted by Crippen LogP contribution is -2.09. The topological polar surface area (TPSA) is 56.7 Å². The van der Waals surface area contributed by atoms with Crippen LogP contribution in [0.3, 0.4) is 0 Å². The van der Waals surface area contributed by atoms with Crippen LogP contribution in [0.25, 0.3) is 0 Å². The number of nitrogens with two attached hydrogens (primary N) is 1. The van der Waals surface area contributed by atoms with Gasteiger partial charge in [-0.1, -0.05) is 26.2 Å². The van der Waals surface area contributed by atoms with Crippen molar-refractivity contribution in [2.24, 2.45) is 5.73 Å². The van der Waals surface area contributed by atoms with Gasteiger partial charge in [-0.05, 0) is 6.42 Å². The van der Waals surface area contributed by atoms with E-state index >= 15 is 0 Å². The van der Waals surface area contributed by atoms with E-state index in [-0.39, 0.29) is 0 Å². The highest BCUT2D eigenvalue weighted by atomic mass is 15.3. The molecule has 0 aromatic carbocycles. The van der Waals surface area contributed by atoms with Gasteiger partial charge in [0.25, 0.3) is 0 Å². The molecule has 0 saturated carbocycles. The second kappa shape index (κ2) is 5.70. The molecule has 1 aromatic heterocycles. The Balaban J connectivity index is 2.27. The lowest BCUT2D eigenvalue weighted by molar-refractivity contribution is 0.521. The molecular weight excluding hydrogens is 164 g/mol. The number of nitrogens with zero attached hydrogens (tertiary/aromatic N) is 3. The van der Waals surface area contributed by atoms with Crippen molar-refractivity contribution in [3.8, 4) is 0 Å². The third kappa shape index (κ3) is 3.14. The summed E-state index contributed by atoms with van der Waals surface area (Å²) in [5.41, 5.74) is 5.50. The van der Waals surface area contributed by atoms with E-state index in [1.807, 2.05) is 4.68 Å². The molecule has 2 N–H and O–H groups in total. The zero-order valence-electron chi connectivity index (χ0n) is 8.24. The molecule has 0 amide bonds. The molecule has 4 heteroatoms. The summed E-state index contributed by atoms with van der Waals surface area (Å²) in [5.74, 6) is 0.886. The Bertz CT molecular complexity index is 231. The van der Waals surface area contributed by atoms with Crippen molar-refractivity contribution in [2.45, 2.75) is 45.7 Å². The number of aromatic nitrogens is 3. The van der Waals surface area contributed by atoms with Crippen molar-refractivity contribution in [1.29, 1.82) is 0 Å². The quantitative estimate of drug-likeness (QED) is 0.675. The van der Waals surface area contributed by atoms with Gasteiger partial charge in [-0.25, -0.2) is 9.67 Å². The lowest BCUT2D eigenvalue weighted by Gasteiger charge is -2.03. The Morgan fingerprint density at radius 1 is 1.38 bits per heavy atom. The summed E-state index contributed by atoms with van der Waals surface area (Å²) in [6, 6.07) is 0. The highest BCUT2D eigenvalue weighted by Crippen LogP contribution is 2.02. The van der Waals surface area contributed by atoms with E-state index in [0.29, 0.717) is 6.54 Å². The largest absolute Gasteiger partial charge is 0.324 e. The van der Waals surface area contributed by atoms with Gasteiger partial charge in [-0.2, -0.15) is 5.10 Å². The van der Waals surface area contributed by atoms with Gasteiger partial charge in [0, 0.05) is 6.54 Å². The highest BCUT2D eigenvalue weighted by Gasteiger charge is 2.00. The van der Waals surface area contributed by atoms with Crippen LogP contribution in [0.5, 0.6) is 0 Å². The van der Waals surface area contributed by atoms with Crippen LogP contribution in [0.2, 0.25) is 0 Å². The molecule has 4 nitrogen and oxygen atoms in total. The molecule has 0 spiro atoms. The first-order chi connectivity index (χ1) is 6.38. The molecule has 0 aliphatic carbocycles. The average Bonchev–Trinajstić information content (AvgIpc) is 2.60. The number of rotatable bonds is 6. The number of aryl methyl sites for hydroxylation is 1. The molecule has 0 fully saturated rings. The zero-order valence-corrected chi connectivity index (χ0v) is 8.24. The first-order valence-corrected chi connectivity index (χ1v) is 4.95. The summed E-state index contributed by atoms with van der Waals surface area (Å²) in [4.78, 5) is 4.06. The third-order valence-electron chi connectivity index (χ3n) is 2.10. The smallest absolute Gasteiger partial charge is 0.140 e. The Labute approximate surface area is 79.2 Å². The molecule has 1 aromatic rings. The van der Waals surface area contributed by atoms with Crippen molar-refractivity contribution >= 4 is 0 Å². The van der Waals surface area contributed by atoms with Crippen LogP contribution in [-0.2, 0) is 13.1 Å². The maximum atomic E-state index is 5.50. The summed E-state index contributed by atoms with van der Waals surface area (Å²) in [6.45, 7) is 3.64. The van der Waals surface area contributed by atoms with Gasteiger partial charge in [0.1, 0.15) is 12.2 Å². The predicted molar refractivity (Wildman–Crippen MR) is 52.1 cm³/mol. The van der Waals surface area contributed by atoms with E-state index in [0.717, 1.165) is 12.4 Å². The maximum Gasteiger partial charge on any atom is 0.140 e. The Morgan fingerprint density at radius 2 is 2.23 bits per heavy atom. The van der Waals surface area contributed by atoms with E-state index in [2.05, 4.69) is 17.0 Å². The van der Waals surface area contributed by atoms with Crippen molar-refractivity contribution in [2.75, 3.05) is 0 Å². The molecule has 0 radical (unpaired) electrons. The summed E-state index contributed by atoms with van der Waals surface area (Å²) < 4.78 is 1.90. The number of hydrogen-bond donors (Lipinski definition) is 1. The van der Waals surface area contributed by atoms with Crippen molar-refractivity contribution in [1.82, 2.24) is 14.8 Å². The van der Waals surface area contributed by atoms with Gasteiger partial charge in [0.05, 0.1) is 6.54 Å². The van der Waals surface area contributed by atoms with Gasteiger partial charge in [-0.3, -0.25) is 0 Å². The molecule has 0 atom stereocenters. The highest BCUT2D eigenvalue weighted by molar-refractivity contribution is 4.81. The summed E-state index contributed by atoms with van der Waals surface area (Å²) in [6.07, 6.45) is 6.57. The molecule has 0 bridgehead atoms. The molecule has 74 valence electrons. The Hall–Kier alpha value is -0.900. The van der Waals surface area contributed by atoms with E-state index in [9.17, 15) is 0 Å². The second-order valence-electron chi connectivity index (χ2n) is 3.16. The SMILES string of the molecule is CCCCCCn1ncnc1CN. The number of unbranched alkanes of at least 4 members (excludes halogenated alkanes) is 3. The normalized spacial score (nSPS) is 10.6. The minimum absolute atomic E-state index is 0.480. The number of hydrogen-bond acceptors (Lipinski definition) is 3. The monoisotopic (exact) mass is 182 g/mol. The van der Waals surface area contributed by atoms with Crippen molar-refractivity contribution in [3.63, 3.8) is 0 Å². The van der Waals surface area contributed by atoms with Gasteiger partial charge >= 0.3 is 0 Å². The molecule has 13 heavy (non-hydrogen) atoms. The average molecular weight is 182 g/mol. The van der Waals surface area contributed by atoms with Crippen molar-refractivity contribution < 1.29 is 0 Å². The van der Waals surface area contributed by atoms with Crippen LogP contribution in [0.4, 0.5) is 0 Å². The van der Waals surface area contributed by atoms with Crippen LogP contribution in [0.1, 0.15) is 38.4 Å². The van der Waals surface area contributed by atoms with E-state index in [1.165, 1.54) is 25.7 Å². The molecule has 0 unspecified atom stereocenters. The maximum absolute atomic E-state index is 5.50. The first kappa shape index (κ1) is 10.2. The van der Waals surface area contributed by atoms with Crippen LogP contribution in [-0.4, -0.2) is 14.8 Å². The zero-order chi connectivity index (χ0) is 9.52. The van der Waals surface area contributed by atoms with Crippen LogP contribution in [0.15, 0.2) is 6.33 Å². The molecule has 0 aliphatic rings. The van der Waals surface area contributed by atoms with Crippen LogP contribution < -0.4 is 5.73 Å². The minimum atomic E-state index is 0.480. The first-order valence-electron chi connectivity index (χ1n) is 4.95. The summed E-state index contributed by atoms with van der Waals surface area (Å²) in [5, 5.41) is 4.11. The standard InChI is InChI=1S/C9H18N4/c1-2-3-4-5-6-13-9(7-10)11-8-12-13/h8H,2-7,10H2,1H3. The minimum Gasteiger partial charge on any atom is -0.324 e. The van der Waals surface area contributed by atoms with Gasteiger partial charge in [0.15, 0.2) is 0 Å². The summed E-state index contributed by atoms with van der Waals surface area (Å²) >= 11 is 0. The van der Waals surface area contributed by atoms with E-state index in [4.69, 9.17) is 5.73 Å². The summed E-state index contributed by atoms with van der Waals surface area (Å²) in [7, 11) is 0. The van der Waals surface area contributed by atoms with Crippen molar-refractivity contribution in [3.05, 3.63) is 12.2 Å².